The summed E-state index contributed by atoms with van der Waals surface area (Å²) in [4.78, 5) is 16.7. The van der Waals surface area contributed by atoms with Crippen LogP contribution in [0.25, 0.3) is 11.1 Å². The van der Waals surface area contributed by atoms with Crippen LogP contribution in [0.1, 0.15) is 27.9 Å². The van der Waals surface area contributed by atoms with E-state index in [-0.39, 0.29) is 11.6 Å². The van der Waals surface area contributed by atoms with Crippen molar-refractivity contribution in [2.24, 2.45) is 0 Å². The Labute approximate surface area is 152 Å². The van der Waals surface area contributed by atoms with Gasteiger partial charge >= 0.3 is 0 Å². The molecule has 0 bridgehead atoms. The molecule has 5 heteroatoms. The summed E-state index contributed by atoms with van der Waals surface area (Å²) in [5.41, 5.74) is 4.25. The molecular formula is C21H21FN2O2. The highest BCUT2D eigenvalue weighted by molar-refractivity contribution is 6.02. The molecule has 2 aliphatic rings. The first-order valence-electron chi connectivity index (χ1n) is 8.73. The fraction of sp³-hybridized carbons (Fsp3) is 0.286. The first-order chi connectivity index (χ1) is 12.5. The van der Waals surface area contributed by atoms with Gasteiger partial charge in [0.25, 0.3) is 0 Å². The van der Waals surface area contributed by atoms with Gasteiger partial charge in [-0.3, -0.25) is 4.79 Å². The average molecular weight is 352 g/mol. The fourth-order valence-electron chi connectivity index (χ4n) is 3.58. The van der Waals surface area contributed by atoms with Gasteiger partial charge in [-0.1, -0.05) is 6.07 Å². The Morgan fingerprint density at radius 1 is 1.12 bits per heavy atom. The monoisotopic (exact) mass is 352 g/mol. The molecule has 4 nitrogen and oxygen atoms in total. The number of aryl methyl sites for hydroxylation is 1. The lowest BCUT2D eigenvalue weighted by atomic mass is 9.92. The van der Waals surface area contributed by atoms with Crippen molar-refractivity contribution in [1.82, 2.24) is 9.80 Å². The number of hydrogen-bond donors (Lipinski definition) is 0. The van der Waals surface area contributed by atoms with E-state index in [1.54, 1.807) is 6.07 Å². The Bertz CT molecular complexity index is 907. The number of ketones is 1. The summed E-state index contributed by atoms with van der Waals surface area (Å²) in [6.07, 6.45) is 4.46. The molecule has 2 aliphatic heterocycles. The van der Waals surface area contributed by atoms with Gasteiger partial charge in [-0.05, 0) is 47.9 Å². The Balaban J connectivity index is 1.81. The first-order valence-corrected chi connectivity index (χ1v) is 8.73. The van der Waals surface area contributed by atoms with E-state index in [4.69, 9.17) is 4.74 Å². The van der Waals surface area contributed by atoms with Crippen molar-refractivity contribution in [2.45, 2.75) is 19.9 Å². The van der Waals surface area contributed by atoms with Crippen LogP contribution in [0.5, 0.6) is 5.75 Å². The molecule has 26 heavy (non-hydrogen) atoms. The van der Waals surface area contributed by atoms with Crippen molar-refractivity contribution in [3.8, 4) is 16.9 Å². The van der Waals surface area contributed by atoms with Gasteiger partial charge in [-0.2, -0.15) is 0 Å². The second-order valence-electron chi connectivity index (χ2n) is 6.94. The number of ether oxygens (including phenoxy) is 1. The van der Waals surface area contributed by atoms with E-state index in [0.29, 0.717) is 30.9 Å². The molecule has 0 atom stereocenters. The molecular weight excluding hydrogens is 331 g/mol. The summed E-state index contributed by atoms with van der Waals surface area (Å²) in [6, 6.07) is 8.71. The molecule has 0 radical (unpaired) electrons. The molecule has 2 heterocycles. The second-order valence-corrected chi connectivity index (χ2v) is 6.94. The van der Waals surface area contributed by atoms with Crippen LogP contribution in [-0.4, -0.2) is 35.9 Å². The SMILES string of the molecule is Cc1cc(F)ccc1-c1cc(CN2C=CN(C)C2)cc2c1OCCC2=O. The van der Waals surface area contributed by atoms with Crippen LogP contribution in [-0.2, 0) is 6.54 Å². The van der Waals surface area contributed by atoms with Crippen LogP contribution in [0, 0.1) is 12.7 Å². The third-order valence-corrected chi connectivity index (χ3v) is 4.83. The number of carbonyl (C=O) groups is 1. The van der Waals surface area contributed by atoms with Gasteiger partial charge < -0.3 is 14.5 Å². The lowest BCUT2D eigenvalue weighted by Gasteiger charge is -2.24. The second kappa shape index (κ2) is 6.48. The molecule has 0 fully saturated rings. The molecule has 0 saturated heterocycles. The van der Waals surface area contributed by atoms with Crippen molar-refractivity contribution in [3.05, 3.63) is 65.2 Å². The van der Waals surface area contributed by atoms with E-state index in [0.717, 1.165) is 28.9 Å². The molecule has 0 unspecified atom stereocenters. The van der Waals surface area contributed by atoms with E-state index in [9.17, 15) is 9.18 Å². The van der Waals surface area contributed by atoms with E-state index in [2.05, 4.69) is 15.9 Å². The lowest BCUT2D eigenvalue weighted by Crippen LogP contribution is -2.22. The number of Topliss-reactive ketones (excluding diaryl/α,β-unsaturated/α-hetero) is 1. The van der Waals surface area contributed by atoms with Crippen LogP contribution in [0.4, 0.5) is 4.39 Å². The summed E-state index contributed by atoms with van der Waals surface area (Å²) in [5, 5.41) is 0. The fourth-order valence-corrected chi connectivity index (χ4v) is 3.58. The maximum atomic E-state index is 13.5. The maximum Gasteiger partial charge on any atom is 0.170 e. The Morgan fingerprint density at radius 3 is 2.65 bits per heavy atom. The number of rotatable bonds is 3. The van der Waals surface area contributed by atoms with Gasteiger partial charge in [-0.15, -0.1) is 0 Å². The molecule has 0 aromatic heterocycles. The highest BCUT2D eigenvalue weighted by Crippen LogP contribution is 2.39. The molecule has 0 aliphatic carbocycles. The third kappa shape index (κ3) is 3.05. The maximum absolute atomic E-state index is 13.5. The molecule has 134 valence electrons. The number of hydrogen-bond acceptors (Lipinski definition) is 4. The largest absolute Gasteiger partial charge is 0.492 e. The number of nitrogens with zero attached hydrogens (tertiary/aromatic N) is 2. The molecule has 4 rings (SSSR count). The number of halogens is 1. The normalized spacial score (nSPS) is 16.0. The molecule has 2 aromatic carbocycles. The number of carbonyl (C=O) groups excluding carboxylic acids is 1. The minimum Gasteiger partial charge on any atom is -0.492 e. The van der Waals surface area contributed by atoms with Gasteiger partial charge in [0.15, 0.2) is 5.78 Å². The van der Waals surface area contributed by atoms with E-state index in [1.165, 1.54) is 12.1 Å². The van der Waals surface area contributed by atoms with Gasteiger partial charge in [-0.25, -0.2) is 4.39 Å². The third-order valence-electron chi connectivity index (χ3n) is 4.83. The molecule has 0 amide bonds. The van der Waals surface area contributed by atoms with E-state index < -0.39 is 0 Å². The van der Waals surface area contributed by atoms with Crippen molar-refractivity contribution >= 4 is 5.78 Å². The van der Waals surface area contributed by atoms with Crippen LogP contribution < -0.4 is 4.74 Å². The summed E-state index contributed by atoms with van der Waals surface area (Å²) in [7, 11) is 2.02. The summed E-state index contributed by atoms with van der Waals surface area (Å²) < 4.78 is 19.4. The van der Waals surface area contributed by atoms with Crippen LogP contribution >= 0.6 is 0 Å². The number of benzene rings is 2. The zero-order valence-corrected chi connectivity index (χ0v) is 15.0. The van der Waals surface area contributed by atoms with Gasteiger partial charge in [0.05, 0.1) is 18.8 Å². The molecule has 2 aromatic rings. The van der Waals surface area contributed by atoms with Crippen molar-refractivity contribution in [2.75, 3.05) is 20.3 Å². The zero-order valence-electron chi connectivity index (χ0n) is 15.0. The molecule has 0 saturated carbocycles. The Kier molecular flexibility index (Phi) is 4.15. The summed E-state index contributed by atoms with van der Waals surface area (Å²) >= 11 is 0. The van der Waals surface area contributed by atoms with Crippen LogP contribution in [0.2, 0.25) is 0 Å². The topological polar surface area (TPSA) is 32.8 Å². The van der Waals surface area contributed by atoms with E-state index in [1.807, 2.05) is 32.4 Å². The highest BCUT2D eigenvalue weighted by Gasteiger charge is 2.24. The van der Waals surface area contributed by atoms with Crippen molar-refractivity contribution < 1.29 is 13.9 Å². The molecule has 0 N–H and O–H groups in total. The van der Waals surface area contributed by atoms with Gasteiger partial charge in [0.1, 0.15) is 11.6 Å². The Hall–Kier alpha value is -2.82. The number of fused-ring (bicyclic) bond motifs is 1. The first kappa shape index (κ1) is 16.6. The molecule has 0 spiro atoms. The van der Waals surface area contributed by atoms with Gasteiger partial charge in [0, 0.05) is 38.0 Å². The van der Waals surface area contributed by atoms with Crippen LogP contribution in [0.3, 0.4) is 0 Å². The van der Waals surface area contributed by atoms with Crippen LogP contribution in [0.15, 0.2) is 42.7 Å². The lowest BCUT2D eigenvalue weighted by molar-refractivity contribution is 0.0933. The van der Waals surface area contributed by atoms with Gasteiger partial charge in [0.2, 0.25) is 0 Å². The summed E-state index contributed by atoms with van der Waals surface area (Å²) in [6.45, 7) is 3.78. The predicted octanol–water partition coefficient (Wildman–Crippen LogP) is 3.94. The smallest absolute Gasteiger partial charge is 0.170 e. The zero-order chi connectivity index (χ0) is 18.3. The average Bonchev–Trinajstić information content (AvgIpc) is 3.00. The summed E-state index contributed by atoms with van der Waals surface area (Å²) in [5.74, 6) is 0.454. The van der Waals surface area contributed by atoms with Crippen molar-refractivity contribution in [3.63, 3.8) is 0 Å². The quantitative estimate of drug-likeness (QED) is 0.838. The standard InChI is InChI=1S/C21H21FN2O2/c1-14-9-16(22)3-4-17(14)18-10-15(12-24-7-6-23(2)13-24)11-19-20(25)5-8-26-21(18)19/h3-4,6-7,9-11H,5,8,12-13H2,1-2H3. The Morgan fingerprint density at radius 2 is 1.92 bits per heavy atom. The highest BCUT2D eigenvalue weighted by atomic mass is 19.1. The van der Waals surface area contributed by atoms with Crippen molar-refractivity contribution in [1.29, 1.82) is 0 Å². The minimum absolute atomic E-state index is 0.100. The predicted molar refractivity (Wildman–Crippen MR) is 98.3 cm³/mol. The van der Waals surface area contributed by atoms with E-state index >= 15 is 0 Å². The minimum atomic E-state index is -0.265.